The van der Waals surface area contributed by atoms with Crippen molar-refractivity contribution < 1.29 is 18.6 Å². The SMILES string of the molecule is CCCCOCCCNCC(O)c1cc(F)ccc1F. The van der Waals surface area contributed by atoms with Gasteiger partial charge in [-0.05, 0) is 37.6 Å². The van der Waals surface area contributed by atoms with Crippen LogP contribution in [-0.2, 0) is 4.74 Å². The Morgan fingerprint density at radius 2 is 2.00 bits per heavy atom. The normalized spacial score (nSPS) is 12.6. The Hall–Kier alpha value is -1.04. The van der Waals surface area contributed by atoms with E-state index in [9.17, 15) is 13.9 Å². The summed E-state index contributed by atoms with van der Waals surface area (Å²) < 4.78 is 31.8. The highest BCUT2D eigenvalue weighted by Gasteiger charge is 2.13. The van der Waals surface area contributed by atoms with Gasteiger partial charge in [-0.25, -0.2) is 8.78 Å². The largest absolute Gasteiger partial charge is 0.387 e. The average molecular weight is 287 g/mol. The molecule has 0 bridgehead atoms. The number of hydrogen-bond donors (Lipinski definition) is 2. The Morgan fingerprint density at radius 3 is 2.75 bits per heavy atom. The van der Waals surface area contributed by atoms with Crippen molar-refractivity contribution in [2.45, 2.75) is 32.3 Å². The first-order valence-corrected chi connectivity index (χ1v) is 7.06. The number of hydrogen-bond acceptors (Lipinski definition) is 3. The molecule has 114 valence electrons. The van der Waals surface area contributed by atoms with E-state index in [1.54, 1.807) is 0 Å². The second kappa shape index (κ2) is 9.80. The maximum atomic E-state index is 13.4. The molecule has 0 aliphatic heterocycles. The number of aliphatic hydroxyl groups excluding tert-OH is 1. The van der Waals surface area contributed by atoms with Gasteiger partial charge in [0.2, 0.25) is 0 Å². The minimum absolute atomic E-state index is 0.0169. The lowest BCUT2D eigenvalue weighted by atomic mass is 10.1. The van der Waals surface area contributed by atoms with Gasteiger partial charge in [0, 0.05) is 25.3 Å². The first-order valence-electron chi connectivity index (χ1n) is 7.06. The highest BCUT2D eigenvalue weighted by Crippen LogP contribution is 2.17. The summed E-state index contributed by atoms with van der Waals surface area (Å²) in [7, 11) is 0. The van der Waals surface area contributed by atoms with Crippen LogP contribution in [0.15, 0.2) is 18.2 Å². The number of aliphatic hydroxyl groups is 1. The van der Waals surface area contributed by atoms with Crippen molar-refractivity contribution in [2.75, 3.05) is 26.3 Å². The van der Waals surface area contributed by atoms with E-state index in [2.05, 4.69) is 12.2 Å². The Kier molecular flexibility index (Phi) is 8.34. The molecule has 1 unspecified atom stereocenters. The molecule has 0 fully saturated rings. The van der Waals surface area contributed by atoms with Crippen molar-refractivity contribution in [3.63, 3.8) is 0 Å². The molecule has 0 radical (unpaired) electrons. The molecule has 0 saturated heterocycles. The minimum Gasteiger partial charge on any atom is -0.387 e. The van der Waals surface area contributed by atoms with Gasteiger partial charge >= 0.3 is 0 Å². The van der Waals surface area contributed by atoms with E-state index in [1.165, 1.54) is 0 Å². The molecule has 5 heteroatoms. The van der Waals surface area contributed by atoms with Gasteiger partial charge in [0.1, 0.15) is 11.6 Å². The summed E-state index contributed by atoms with van der Waals surface area (Å²) in [5.74, 6) is -1.15. The van der Waals surface area contributed by atoms with Crippen LogP contribution >= 0.6 is 0 Å². The zero-order chi connectivity index (χ0) is 14.8. The van der Waals surface area contributed by atoms with Gasteiger partial charge < -0.3 is 15.2 Å². The van der Waals surface area contributed by atoms with E-state index in [1.807, 2.05) is 0 Å². The van der Waals surface area contributed by atoms with Crippen molar-refractivity contribution in [3.05, 3.63) is 35.4 Å². The lowest BCUT2D eigenvalue weighted by molar-refractivity contribution is 0.126. The van der Waals surface area contributed by atoms with Crippen LogP contribution in [0.5, 0.6) is 0 Å². The molecule has 0 spiro atoms. The Balaban J connectivity index is 2.17. The van der Waals surface area contributed by atoms with Gasteiger partial charge in [0.15, 0.2) is 0 Å². The predicted molar refractivity (Wildman–Crippen MR) is 74.5 cm³/mol. The third-order valence-corrected chi connectivity index (χ3v) is 2.94. The fraction of sp³-hybridized carbons (Fsp3) is 0.600. The number of ether oxygens (including phenoxy) is 1. The van der Waals surface area contributed by atoms with Gasteiger partial charge in [-0.3, -0.25) is 0 Å². The monoisotopic (exact) mass is 287 g/mol. The minimum atomic E-state index is -1.05. The number of nitrogens with one attached hydrogen (secondary N) is 1. The van der Waals surface area contributed by atoms with Crippen molar-refractivity contribution in [2.24, 2.45) is 0 Å². The Bertz CT molecular complexity index is 388. The molecule has 1 aromatic carbocycles. The van der Waals surface area contributed by atoms with E-state index >= 15 is 0 Å². The molecule has 0 aliphatic rings. The summed E-state index contributed by atoms with van der Waals surface area (Å²) in [5.41, 5.74) is -0.0169. The second-order valence-electron chi connectivity index (χ2n) is 4.71. The number of rotatable bonds is 10. The van der Waals surface area contributed by atoms with Gasteiger partial charge in [-0.2, -0.15) is 0 Å². The molecule has 1 aromatic rings. The zero-order valence-corrected chi connectivity index (χ0v) is 11.9. The lowest BCUT2D eigenvalue weighted by Crippen LogP contribution is -2.24. The van der Waals surface area contributed by atoms with Crippen LogP contribution in [0.3, 0.4) is 0 Å². The smallest absolute Gasteiger partial charge is 0.129 e. The summed E-state index contributed by atoms with van der Waals surface area (Å²) in [6.45, 7) is 4.40. The van der Waals surface area contributed by atoms with Gasteiger partial charge in [-0.1, -0.05) is 13.3 Å². The van der Waals surface area contributed by atoms with Crippen LogP contribution < -0.4 is 5.32 Å². The molecule has 0 amide bonds. The number of halogens is 2. The van der Waals surface area contributed by atoms with Crippen molar-refractivity contribution in [1.82, 2.24) is 5.32 Å². The topological polar surface area (TPSA) is 41.5 Å². The first kappa shape index (κ1) is 17.0. The molecular weight excluding hydrogens is 264 g/mol. The Labute approximate surface area is 119 Å². The van der Waals surface area contributed by atoms with Crippen molar-refractivity contribution >= 4 is 0 Å². The van der Waals surface area contributed by atoms with Gasteiger partial charge in [-0.15, -0.1) is 0 Å². The van der Waals surface area contributed by atoms with Crippen LogP contribution in [0.25, 0.3) is 0 Å². The molecule has 1 atom stereocenters. The van der Waals surface area contributed by atoms with E-state index in [0.717, 1.165) is 44.1 Å². The number of unbranched alkanes of at least 4 members (excludes halogenated alkanes) is 1. The highest BCUT2D eigenvalue weighted by molar-refractivity contribution is 5.21. The molecule has 0 heterocycles. The molecule has 3 nitrogen and oxygen atoms in total. The maximum Gasteiger partial charge on any atom is 0.129 e. The van der Waals surface area contributed by atoms with Crippen molar-refractivity contribution in [1.29, 1.82) is 0 Å². The van der Waals surface area contributed by atoms with Gasteiger partial charge in [0.25, 0.3) is 0 Å². The zero-order valence-electron chi connectivity index (χ0n) is 11.9. The Morgan fingerprint density at radius 1 is 1.25 bits per heavy atom. The summed E-state index contributed by atoms with van der Waals surface area (Å²) in [6, 6.07) is 3.08. The summed E-state index contributed by atoms with van der Waals surface area (Å²) in [6.07, 6.45) is 1.95. The first-order chi connectivity index (χ1) is 9.65. The third kappa shape index (κ3) is 6.41. The predicted octanol–water partition coefficient (Wildman–Crippen LogP) is 2.79. The lowest BCUT2D eigenvalue weighted by Gasteiger charge is -2.13. The van der Waals surface area contributed by atoms with Gasteiger partial charge in [0.05, 0.1) is 6.10 Å². The van der Waals surface area contributed by atoms with Crippen LogP contribution in [-0.4, -0.2) is 31.4 Å². The molecule has 0 aliphatic carbocycles. The standard InChI is InChI=1S/C15H23F2NO2/c1-2-3-8-20-9-4-7-18-11-15(19)13-10-12(16)5-6-14(13)17/h5-6,10,15,18-19H,2-4,7-9,11H2,1H3. The van der Waals surface area contributed by atoms with E-state index in [-0.39, 0.29) is 12.1 Å². The van der Waals surface area contributed by atoms with E-state index in [0.29, 0.717) is 13.2 Å². The molecule has 2 N–H and O–H groups in total. The summed E-state index contributed by atoms with van der Waals surface area (Å²) in [4.78, 5) is 0. The fourth-order valence-electron chi connectivity index (χ4n) is 1.77. The van der Waals surface area contributed by atoms with Crippen LogP contribution in [0.2, 0.25) is 0 Å². The van der Waals surface area contributed by atoms with E-state index in [4.69, 9.17) is 4.74 Å². The van der Waals surface area contributed by atoms with Crippen LogP contribution in [0.1, 0.15) is 37.9 Å². The average Bonchev–Trinajstić information content (AvgIpc) is 2.44. The summed E-state index contributed by atoms with van der Waals surface area (Å²) >= 11 is 0. The molecule has 0 saturated carbocycles. The van der Waals surface area contributed by atoms with Crippen molar-refractivity contribution in [3.8, 4) is 0 Å². The third-order valence-electron chi connectivity index (χ3n) is 2.94. The highest BCUT2D eigenvalue weighted by atomic mass is 19.1. The second-order valence-corrected chi connectivity index (χ2v) is 4.71. The number of benzene rings is 1. The quantitative estimate of drug-likeness (QED) is 0.650. The van der Waals surface area contributed by atoms with Crippen LogP contribution in [0.4, 0.5) is 8.78 Å². The summed E-state index contributed by atoms with van der Waals surface area (Å²) in [5, 5.41) is 12.8. The molecule has 0 aromatic heterocycles. The molecule has 20 heavy (non-hydrogen) atoms. The molecular formula is C15H23F2NO2. The molecule has 1 rings (SSSR count). The maximum absolute atomic E-state index is 13.4. The fourth-order valence-corrected chi connectivity index (χ4v) is 1.77. The van der Waals surface area contributed by atoms with E-state index < -0.39 is 17.7 Å². The van der Waals surface area contributed by atoms with Crippen LogP contribution in [0, 0.1) is 11.6 Å².